The van der Waals surface area contributed by atoms with Crippen LogP contribution in [0.5, 0.6) is 0 Å². The van der Waals surface area contributed by atoms with Crippen LogP contribution in [0, 0.1) is 12.8 Å². The number of aryl methyl sites for hydroxylation is 2. The minimum atomic E-state index is -3.42. The van der Waals surface area contributed by atoms with Gasteiger partial charge in [0.15, 0.2) is 0 Å². The monoisotopic (exact) mass is 344 g/mol. The molecule has 1 saturated heterocycles. The van der Waals surface area contributed by atoms with Crippen molar-refractivity contribution in [2.75, 3.05) is 32.9 Å². The Balaban J connectivity index is 2.13. The van der Waals surface area contributed by atoms with Gasteiger partial charge in [-0.05, 0) is 19.9 Å². The van der Waals surface area contributed by atoms with Gasteiger partial charge in [-0.25, -0.2) is 12.7 Å². The third kappa shape index (κ3) is 3.73. The SMILES string of the molecule is CCn1nc(C)cc1C(=O)N1C[C@@H](CS(=O)(=O)N(C)C)[C@H](O)C1. The van der Waals surface area contributed by atoms with Crippen molar-refractivity contribution in [1.29, 1.82) is 0 Å². The molecule has 130 valence electrons. The van der Waals surface area contributed by atoms with Crippen LogP contribution < -0.4 is 0 Å². The molecule has 9 heteroatoms. The number of hydrogen-bond donors (Lipinski definition) is 1. The van der Waals surface area contributed by atoms with Crippen molar-refractivity contribution in [2.24, 2.45) is 5.92 Å². The molecule has 8 nitrogen and oxygen atoms in total. The van der Waals surface area contributed by atoms with Crippen LogP contribution in [-0.4, -0.2) is 77.5 Å². The molecule has 1 amide bonds. The fourth-order valence-electron chi connectivity index (χ4n) is 2.72. The van der Waals surface area contributed by atoms with E-state index in [0.717, 1.165) is 10.00 Å². The summed E-state index contributed by atoms with van der Waals surface area (Å²) in [6, 6.07) is 1.71. The third-order valence-electron chi connectivity index (χ3n) is 4.10. The average molecular weight is 344 g/mol. The van der Waals surface area contributed by atoms with Gasteiger partial charge >= 0.3 is 0 Å². The Bertz CT molecular complexity index is 683. The normalized spacial score (nSPS) is 22.1. The fourth-order valence-corrected chi connectivity index (χ4v) is 3.89. The zero-order chi connectivity index (χ0) is 17.4. The number of aromatic nitrogens is 2. The van der Waals surface area contributed by atoms with Crippen LogP contribution in [-0.2, 0) is 16.6 Å². The van der Waals surface area contributed by atoms with E-state index < -0.39 is 22.0 Å². The number of carbonyl (C=O) groups excluding carboxylic acids is 1. The van der Waals surface area contributed by atoms with Crippen molar-refractivity contribution in [3.63, 3.8) is 0 Å². The first kappa shape index (κ1) is 17.9. The number of hydrogen-bond acceptors (Lipinski definition) is 5. The summed E-state index contributed by atoms with van der Waals surface area (Å²) < 4.78 is 26.7. The first-order valence-electron chi connectivity index (χ1n) is 7.57. The van der Waals surface area contributed by atoms with E-state index in [9.17, 15) is 18.3 Å². The van der Waals surface area contributed by atoms with E-state index in [1.54, 1.807) is 10.7 Å². The molecule has 0 aliphatic carbocycles. The number of likely N-dealkylation sites (tertiary alicyclic amines) is 1. The van der Waals surface area contributed by atoms with Gasteiger partial charge in [0.1, 0.15) is 5.69 Å². The maximum absolute atomic E-state index is 12.6. The second kappa shape index (κ2) is 6.58. The van der Waals surface area contributed by atoms with Gasteiger partial charge in [0.25, 0.3) is 5.91 Å². The summed E-state index contributed by atoms with van der Waals surface area (Å²) in [5, 5.41) is 14.4. The molecule has 1 N–H and O–H groups in total. The Kier molecular flexibility index (Phi) is 5.12. The van der Waals surface area contributed by atoms with E-state index in [1.807, 2.05) is 13.8 Å². The zero-order valence-corrected chi connectivity index (χ0v) is 14.7. The number of β-amino-alcohol motifs (C(OH)–C–C–N with tert-alkyl or cyclic N) is 1. The largest absolute Gasteiger partial charge is 0.391 e. The summed E-state index contributed by atoms with van der Waals surface area (Å²) in [4.78, 5) is 14.1. The van der Waals surface area contributed by atoms with Crippen LogP contribution >= 0.6 is 0 Å². The number of carbonyl (C=O) groups is 1. The minimum absolute atomic E-state index is 0.139. The summed E-state index contributed by atoms with van der Waals surface area (Å²) in [5.41, 5.74) is 1.22. The molecule has 1 aliphatic heterocycles. The third-order valence-corrected chi connectivity index (χ3v) is 6.06. The number of nitrogens with zero attached hydrogens (tertiary/aromatic N) is 4. The fraction of sp³-hybridized carbons (Fsp3) is 0.714. The van der Waals surface area contributed by atoms with Gasteiger partial charge in [0.2, 0.25) is 10.0 Å². The van der Waals surface area contributed by atoms with Gasteiger partial charge in [-0.2, -0.15) is 5.10 Å². The molecule has 1 fully saturated rings. The first-order valence-corrected chi connectivity index (χ1v) is 9.18. The van der Waals surface area contributed by atoms with E-state index in [1.165, 1.54) is 19.0 Å². The van der Waals surface area contributed by atoms with Crippen molar-refractivity contribution in [2.45, 2.75) is 26.5 Å². The molecule has 23 heavy (non-hydrogen) atoms. The molecular weight excluding hydrogens is 320 g/mol. The summed E-state index contributed by atoms with van der Waals surface area (Å²) in [6.45, 7) is 4.65. The number of sulfonamides is 1. The van der Waals surface area contributed by atoms with Crippen LogP contribution in [0.3, 0.4) is 0 Å². The Morgan fingerprint density at radius 2 is 2.09 bits per heavy atom. The molecule has 0 unspecified atom stereocenters. The van der Waals surface area contributed by atoms with E-state index in [4.69, 9.17) is 0 Å². The molecule has 0 bridgehead atoms. The van der Waals surface area contributed by atoms with E-state index in [2.05, 4.69) is 5.10 Å². The van der Waals surface area contributed by atoms with Crippen molar-refractivity contribution >= 4 is 15.9 Å². The second-order valence-corrected chi connectivity index (χ2v) is 8.31. The molecule has 0 spiro atoms. The molecule has 0 radical (unpaired) electrons. The smallest absolute Gasteiger partial charge is 0.272 e. The second-order valence-electron chi connectivity index (χ2n) is 6.09. The minimum Gasteiger partial charge on any atom is -0.391 e. The van der Waals surface area contributed by atoms with Crippen LogP contribution in [0.2, 0.25) is 0 Å². The average Bonchev–Trinajstić information content (AvgIpc) is 3.01. The highest BCUT2D eigenvalue weighted by atomic mass is 32.2. The van der Waals surface area contributed by atoms with E-state index in [0.29, 0.717) is 12.2 Å². The Labute approximate surface area is 136 Å². The molecule has 1 aromatic rings. The van der Waals surface area contributed by atoms with Crippen LogP contribution in [0.4, 0.5) is 0 Å². The predicted octanol–water partition coefficient (Wildman–Crippen LogP) is -0.464. The molecule has 2 heterocycles. The summed E-state index contributed by atoms with van der Waals surface area (Å²) in [6.07, 6.45) is -0.840. The van der Waals surface area contributed by atoms with Gasteiger partial charge in [-0.15, -0.1) is 0 Å². The van der Waals surface area contributed by atoms with Gasteiger partial charge in [0.05, 0.1) is 17.6 Å². The van der Waals surface area contributed by atoms with Crippen LogP contribution in [0.25, 0.3) is 0 Å². The molecule has 2 rings (SSSR count). The lowest BCUT2D eigenvalue weighted by Gasteiger charge is -2.18. The lowest BCUT2D eigenvalue weighted by Crippen LogP contribution is -2.34. The standard InChI is InChI=1S/C14H24N4O4S/c1-5-18-12(6-10(2)15-18)14(20)17-7-11(13(19)8-17)9-23(21,22)16(3)4/h6,11,13,19H,5,7-9H2,1-4H3/t11-,13+/m0/s1. The Hall–Kier alpha value is -1.45. The Morgan fingerprint density at radius 1 is 1.43 bits per heavy atom. The van der Waals surface area contributed by atoms with Gasteiger partial charge in [-0.1, -0.05) is 0 Å². The van der Waals surface area contributed by atoms with Gasteiger partial charge in [-0.3, -0.25) is 9.48 Å². The first-order chi connectivity index (χ1) is 10.7. The Morgan fingerprint density at radius 3 is 2.65 bits per heavy atom. The summed E-state index contributed by atoms with van der Waals surface area (Å²) in [5.74, 6) is -0.876. The highest BCUT2D eigenvalue weighted by Gasteiger charge is 2.38. The summed E-state index contributed by atoms with van der Waals surface area (Å²) in [7, 11) is -0.498. The van der Waals surface area contributed by atoms with Crippen molar-refractivity contribution in [1.82, 2.24) is 19.0 Å². The molecule has 0 saturated carbocycles. The maximum atomic E-state index is 12.6. The number of amides is 1. The quantitative estimate of drug-likeness (QED) is 0.779. The van der Waals surface area contributed by atoms with E-state index >= 15 is 0 Å². The van der Waals surface area contributed by atoms with Crippen molar-refractivity contribution in [3.8, 4) is 0 Å². The number of rotatable bonds is 5. The molecular formula is C14H24N4O4S. The highest BCUT2D eigenvalue weighted by molar-refractivity contribution is 7.89. The zero-order valence-electron chi connectivity index (χ0n) is 13.9. The summed E-state index contributed by atoms with van der Waals surface area (Å²) >= 11 is 0. The van der Waals surface area contributed by atoms with E-state index in [-0.39, 0.29) is 24.7 Å². The molecule has 1 aromatic heterocycles. The van der Waals surface area contributed by atoms with Crippen molar-refractivity contribution in [3.05, 3.63) is 17.5 Å². The van der Waals surface area contributed by atoms with Gasteiger partial charge < -0.3 is 10.0 Å². The highest BCUT2D eigenvalue weighted by Crippen LogP contribution is 2.22. The molecule has 2 atom stereocenters. The van der Waals surface area contributed by atoms with Crippen LogP contribution in [0.1, 0.15) is 23.1 Å². The van der Waals surface area contributed by atoms with Crippen molar-refractivity contribution < 1.29 is 18.3 Å². The number of aliphatic hydroxyl groups excluding tert-OH is 1. The topological polar surface area (TPSA) is 95.7 Å². The number of aliphatic hydroxyl groups is 1. The lowest BCUT2D eigenvalue weighted by molar-refractivity contribution is 0.0752. The lowest BCUT2D eigenvalue weighted by atomic mass is 10.1. The molecule has 1 aliphatic rings. The molecule has 0 aromatic carbocycles. The van der Waals surface area contributed by atoms with Crippen LogP contribution in [0.15, 0.2) is 6.07 Å². The predicted molar refractivity (Wildman–Crippen MR) is 85.5 cm³/mol. The van der Waals surface area contributed by atoms with Gasteiger partial charge in [0, 0.05) is 39.6 Å². The maximum Gasteiger partial charge on any atom is 0.272 e.